The first-order valence-corrected chi connectivity index (χ1v) is 11.8. The first kappa shape index (κ1) is 23.2. The van der Waals surface area contributed by atoms with Crippen molar-refractivity contribution in [3.05, 3.63) is 66.2 Å². The topological polar surface area (TPSA) is 132 Å². The van der Waals surface area contributed by atoms with Gasteiger partial charge in [0.15, 0.2) is 6.61 Å². The van der Waals surface area contributed by atoms with Crippen LogP contribution in [0.5, 0.6) is 11.5 Å². The molecule has 0 bridgehead atoms. The highest BCUT2D eigenvalue weighted by atomic mass is 32.2. The second kappa shape index (κ2) is 8.45. The number of ether oxygens (including phenoxy) is 1. The number of aromatic nitrogens is 3. The molecule has 0 unspecified atom stereocenters. The summed E-state index contributed by atoms with van der Waals surface area (Å²) in [6.45, 7) is 5.12. The number of carboxylic acid groups (broad SMARTS) is 1. The molecule has 4 aromatic rings. The number of rotatable bonds is 6. The summed E-state index contributed by atoms with van der Waals surface area (Å²) in [5.41, 5.74) is 0.923. The summed E-state index contributed by atoms with van der Waals surface area (Å²) in [6, 6.07) is 15.5. The molecule has 0 atom stereocenters. The summed E-state index contributed by atoms with van der Waals surface area (Å²) in [4.78, 5) is 12.4. The molecule has 2 N–H and O–H groups in total. The molecule has 9 nitrogen and oxygen atoms in total. The van der Waals surface area contributed by atoms with Crippen LogP contribution in [0.2, 0.25) is 0 Å². The monoisotopic (exact) mass is 481 g/mol. The predicted octanol–water partition coefficient (Wildman–Crippen LogP) is 3.72. The third kappa shape index (κ3) is 4.44. The lowest BCUT2D eigenvalue weighted by molar-refractivity contribution is -0.139. The highest BCUT2D eigenvalue weighted by Gasteiger charge is 2.25. The number of nitrogens with zero attached hydrogens (tertiary/aromatic N) is 3. The molecular weight excluding hydrogens is 458 g/mol. The van der Waals surface area contributed by atoms with Gasteiger partial charge in [-0.15, -0.1) is 15.0 Å². The van der Waals surface area contributed by atoms with E-state index in [1.807, 2.05) is 20.8 Å². The Morgan fingerprint density at radius 3 is 2.29 bits per heavy atom. The Morgan fingerprint density at radius 1 is 0.971 bits per heavy atom. The number of carboxylic acids is 1. The van der Waals surface area contributed by atoms with Crippen LogP contribution in [0.3, 0.4) is 0 Å². The van der Waals surface area contributed by atoms with Crippen molar-refractivity contribution in [2.45, 2.75) is 36.0 Å². The van der Waals surface area contributed by atoms with Crippen molar-refractivity contribution in [1.29, 1.82) is 0 Å². The van der Waals surface area contributed by atoms with E-state index in [4.69, 9.17) is 9.84 Å². The molecule has 0 radical (unpaired) electrons. The minimum absolute atomic E-state index is 0.0661. The molecule has 0 amide bonds. The van der Waals surface area contributed by atoms with Crippen molar-refractivity contribution in [2.75, 3.05) is 6.61 Å². The first-order chi connectivity index (χ1) is 16.0. The molecule has 0 aliphatic carbocycles. The van der Waals surface area contributed by atoms with Gasteiger partial charge in [0.2, 0.25) is 9.84 Å². The second-order valence-electron chi connectivity index (χ2n) is 8.73. The minimum atomic E-state index is -3.74. The normalized spacial score (nSPS) is 12.1. The lowest BCUT2D eigenvalue weighted by atomic mass is 9.86. The summed E-state index contributed by atoms with van der Waals surface area (Å²) in [7, 11) is -3.74. The fourth-order valence-electron chi connectivity index (χ4n) is 3.45. The number of benzene rings is 3. The second-order valence-corrected chi connectivity index (χ2v) is 10.7. The van der Waals surface area contributed by atoms with Crippen LogP contribution in [0, 0.1) is 0 Å². The number of fused-ring (bicyclic) bond motifs is 1. The number of carbonyl (C=O) groups is 1. The average molecular weight is 482 g/mol. The smallest absolute Gasteiger partial charge is 0.341 e. The standard InChI is InChI=1S/C24H23N3O6S/c1-24(2,3)18-11-15(33-14-22(28)29)12-21(23(18)30)27-25-19-10-9-17(13-20(19)26-27)34(31,32)16-7-5-4-6-8-16/h4-13,30H,14H2,1-3H3,(H,28,29). The Hall–Kier alpha value is -3.92. The van der Waals surface area contributed by atoms with Crippen molar-refractivity contribution in [1.82, 2.24) is 15.0 Å². The van der Waals surface area contributed by atoms with Crippen molar-refractivity contribution in [3.8, 4) is 17.2 Å². The van der Waals surface area contributed by atoms with Gasteiger partial charge in [0, 0.05) is 11.6 Å². The molecule has 0 fully saturated rings. The fourth-order valence-corrected chi connectivity index (χ4v) is 4.75. The van der Waals surface area contributed by atoms with Gasteiger partial charge in [-0.05, 0) is 41.8 Å². The number of sulfone groups is 1. The van der Waals surface area contributed by atoms with Gasteiger partial charge in [0.05, 0.1) is 9.79 Å². The molecule has 1 aromatic heterocycles. The summed E-state index contributed by atoms with van der Waals surface area (Å²) in [6.07, 6.45) is 0. The van der Waals surface area contributed by atoms with E-state index in [-0.39, 0.29) is 27.0 Å². The summed E-state index contributed by atoms with van der Waals surface area (Å²) in [5, 5.41) is 28.7. The van der Waals surface area contributed by atoms with Crippen LogP contribution in [0.15, 0.2) is 70.5 Å². The van der Waals surface area contributed by atoms with E-state index in [2.05, 4.69) is 10.2 Å². The van der Waals surface area contributed by atoms with Crippen LogP contribution in [0.1, 0.15) is 26.3 Å². The molecule has 1 heterocycles. The number of phenolic OH excluding ortho intramolecular Hbond substituents is 1. The van der Waals surface area contributed by atoms with E-state index in [9.17, 15) is 18.3 Å². The Labute approximate surface area is 196 Å². The van der Waals surface area contributed by atoms with Crippen LogP contribution in [0.4, 0.5) is 0 Å². The quantitative estimate of drug-likeness (QED) is 0.426. The maximum atomic E-state index is 13.0. The van der Waals surface area contributed by atoms with Crippen molar-refractivity contribution in [3.63, 3.8) is 0 Å². The van der Waals surface area contributed by atoms with E-state index in [1.165, 1.54) is 35.1 Å². The Kier molecular flexibility index (Phi) is 5.78. The largest absolute Gasteiger partial charge is 0.505 e. The van der Waals surface area contributed by atoms with E-state index in [1.54, 1.807) is 30.3 Å². The summed E-state index contributed by atoms with van der Waals surface area (Å²) >= 11 is 0. The van der Waals surface area contributed by atoms with Crippen molar-refractivity contribution in [2.24, 2.45) is 0 Å². The Balaban J connectivity index is 1.82. The van der Waals surface area contributed by atoms with Crippen LogP contribution < -0.4 is 4.74 Å². The highest BCUT2D eigenvalue weighted by molar-refractivity contribution is 7.91. The van der Waals surface area contributed by atoms with Crippen LogP contribution in [-0.4, -0.2) is 46.2 Å². The zero-order valence-electron chi connectivity index (χ0n) is 18.8. The molecule has 0 spiro atoms. The number of aliphatic carboxylic acids is 1. The van der Waals surface area contributed by atoms with E-state index >= 15 is 0 Å². The van der Waals surface area contributed by atoms with Gasteiger partial charge < -0.3 is 14.9 Å². The maximum Gasteiger partial charge on any atom is 0.341 e. The van der Waals surface area contributed by atoms with Gasteiger partial charge in [0.1, 0.15) is 28.2 Å². The summed E-state index contributed by atoms with van der Waals surface area (Å²) in [5.74, 6) is -0.997. The lowest BCUT2D eigenvalue weighted by Gasteiger charge is -2.22. The molecule has 0 saturated carbocycles. The van der Waals surface area contributed by atoms with Gasteiger partial charge >= 0.3 is 5.97 Å². The predicted molar refractivity (Wildman–Crippen MR) is 124 cm³/mol. The number of aromatic hydroxyl groups is 1. The van der Waals surface area contributed by atoms with Crippen LogP contribution >= 0.6 is 0 Å². The highest BCUT2D eigenvalue weighted by Crippen LogP contribution is 2.38. The number of phenols is 1. The van der Waals surface area contributed by atoms with E-state index in [0.717, 1.165) is 0 Å². The molecule has 3 aromatic carbocycles. The van der Waals surface area contributed by atoms with Gasteiger partial charge in [-0.25, -0.2) is 13.2 Å². The Bertz CT molecular complexity index is 1490. The maximum absolute atomic E-state index is 13.0. The molecule has 176 valence electrons. The number of hydrogen-bond donors (Lipinski definition) is 2. The Morgan fingerprint density at radius 2 is 1.65 bits per heavy atom. The number of hydrogen-bond acceptors (Lipinski definition) is 7. The van der Waals surface area contributed by atoms with E-state index in [0.29, 0.717) is 16.6 Å². The molecule has 0 aliphatic heterocycles. The van der Waals surface area contributed by atoms with Crippen LogP contribution in [0.25, 0.3) is 16.7 Å². The van der Waals surface area contributed by atoms with Crippen molar-refractivity contribution >= 4 is 26.8 Å². The third-order valence-electron chi connectivity index (χ3n) is 5.16. The molecule has 0 aliphatic rings. The molecular formula is C24H23N3O6S. The lowest BCUT2D eigenvalue weighted by Crippen LogP contribution is -2.15. The molecule has 10 heteroatoms. The van der Waals surface area contributed by atoms with Gasteiger partial charge in [0.25, 0.3) is 0 Å². The van der Waals surface area contributed by atoms with E-state index < -0.39 is 27.8 Å². The van der Waals surface area contributed by atoms with Gasteiger partial charge in [-0.3, -0.25) is 0 Å². The zero-order chi connectivity index (χ0) is 24.7. The van der Waals surface area contributed by atoms with Crippen LogP contribution in [-0.2, 0) is 20.0 Å². The van der Waals surface area contributed by atoms with Crippen molar-refractivity contribution < 1.29 is 28.2 Å². The minimum Gasteiger partial charge on any atom is -0.505 e. The molecule has 4 rings (SSSR count). The molecule has 0 saturated heterocycles. The SMILES string of the molecule is CC(C)(C)c1cc(OCC(=O)O)cc(-n2nc3ccc(S(=O)(=O)c4ccccc4)cc3n2)c1O. The summed E-state index contributed by atoms with van der Waals surface area (Å²) < 4.78 is 31.3. The fraction of sp³-hybridized carbons (Fsp3) is 0.208. The third-order valence-corrected chi connectivity index (χ3v) is 6.93. The van der Waals surface area contributed by atoms with Gasteiger partial charge in [-0.1, -0.05) is 39.0 Å². The average Bonchev–Trinajstić information content (AvgIpc) is 3.21. The first-order valence-electron chi connectivity index (χ1n) is 10.4. The van der Waals surface area contributed by atoms with Gasteiger partial charge in [-0.2, -0.15) is 0 Å². The zero-order valence-corrected chi connectivity index (χ0v) is 19.6. The molecule has 34 heavy (non-hydrogen) atoms.